The minimum absolute atomic E-state index is 0.106. The molecule has 0 radical (unpaired) electrons. The summed E-state index contributed by atoms with van der Waals surface area (Å²) in [5.41, 5.74) is 2.40. The number of carbonyl (C=O) groups excluding carboxylic acids is 1. The van der Waals surface area contributed by atoms with Crippen LogP contribution in [0.15, 0.2) is 12.3 Å². The number of pyridine rings is 1. The number of ether oxygens (including phenoxy) is 1. The second kappa shape index (κ2) is 5.80. The van der Waals surface area contributed by atoms with Crippen LogP contribution in [0.3, 0.4) is 0 Å². The first-order valence-corrected chi connectivity index (χ1v) is 7.08. The van der Waals surface area contributed by atoms with E-state index in [1.165, 1.54) is 5.56 Å². The van der Waals surface area contributed by atoms with E-state index in [2.05, 4.69) is 33.6 Å². The highest BCUT2D eigenvalue weighted by molar-refractivity contribution is 14.1. The standard InChI is InChI=1S/C13H16INO2/c1-2-17-12(16)7-10-5-3-4-9-6-11(14)8-15-13(9)10/h6,8,10H,2-5,7H2,1H3/t10-/m0/s1. The molecule has 0 aromatic carbocycles. The van der Waals surface area contributed by atoms with Crippen LogP contribution in [0.4, 0.5) is 0 Å². The normalized spacial score (nSPS) is 18.6. The van der Waals surface area contributed by atoms with Crippen LogP contribution < -0.4 is 0 Å². The molecule has 0 fully saturated rings. The van der Waals surface area contributed by atoms with E-state index in [1.807, 2.05) is 13.1 Å². The van der Waals surface area contributed by atoms with E-state index in [9.17, 15) is 4.79 Å². The molecule has 0 saturated carbocycles. The number of halogens is 1. The van der Waals surface area contributed by atoms with Gasteiger partial charge in [0, 0.05) is 21.4 Å². The first-order valence-electron chi connectivity index (χ1n) is 6.00. The van der Waals surface area contributed by atoms with Crippen LogP contribution >= 0.6 is 22.6 Å². The van der Waals surface area contributed by atoms with Crippen molar-refractivity contribution in [3.63, 3.8) is 0 Å². The monoisotopic (exact) mass is 345 g/mol. The smallest absolute Gasteiger partial charge is 0.306 e. The van der Waals surface area contributed by atoms with Gasteiger partial charge in [-0.05, 0) is 60.4 Å². The largest absolute Gasteiger partial charge is 0.466 e. The summed E-state index contributed by atoms with van der Waals surface area (Å²) in [6.07, 6.45) is 5.61. The Hall–Kier alpha value is -0.650. The second-order valence-electron chi connectivity index (χ2n) is 4.30. The molecule has 92 valence electrons. The van der Waals surface area contributed by atoms with Crippen molar-refractivity contribution in [1.82, 2.24) is 4.98 Å². The van der Waals surface area contributed by atoms with Gasteiger partial charge in [0.2, 0.25) is 0 Å². The third-order valence-electron chi connectivity index (χ3n) is 3.07. The van der Waals surface area contributed by atoms with Crippen LogP contribution in [0, 0.1) is 3.57 Å². The lowest BCUT2D eigenvalue weighted by molar-refractivity contribution is -0.143. The van der Waals surface area contributed by atoms with E-state index in [-0.39, 0.29) is 11.9 Å². The lowest BCUT2D eigenvalue weighted by atomic mass is 9.85. The highest BCUT2D eigenvalue weighted by Crippen LogP contribution is 2.33. The molecule has 4 heteroatoms. The minimum atomic E-state index is -0.106. The summed E-state index contributed by atoms with van der Waals surface area (Å²) in [7, 11) is 0. The van der Waals surface area contributed by atoms with Crippen LogP contribution in [0.2, 0.25) is 0 Å². The maximum atomic E-state index is 11.5. The minimum Gasteiger partial charge on any atom is -0.466 e. The van der Waals surface area contributed by atoms with Gasteiger partial charge < -0.3 is 4.74 Å². The Kier molecular flexibility index (Phi) is 4.36. The van der Waals surface area contributed by atoms with Gasteiger partial charge in [-0.3, -0.25) is 9.78 Å². The molecule has 0 bridgehead atoms. The molecule has 1 aliphatic rings. The zero-order valence-electron chi connectivity index (χ0n) is 9.91. The van der Waals surface area contributed by atoms with Crippen molar-refractivity contribution in [2.45, 2.75) is 38.5 Å². The van der Waals surface area contributed by atoms with Gasteiger partial charge in [0.1, 0.15) is 0 Å². The fraction of sp³-hybridized carbons (Fsp3) is 0.538. The average molecular weight is 345 g/mol. The number of hydrogen-bond acceptors (Lipinski definition) is 3. The van der Waals surface area contributed by atoms with Crippen molar-refractivity contribution in [3.8, 4) is 0 Å². The number of rotatable bonds is 3. The Morgan fingerprint density at radius 1 is 1.65 bits per heavy atom. The highest BCUT2D eigenvalue weighted by Gasteiger charge is 2.24. The zero-order chi connectivity index (χ0) is 12.3. The summed E-state index contributed by atoms with van der Waals surface area (Å²) in [4.78, 5) is 16.0. The predicted octanol–water partition coefficient (Wildman–Crippen LogP) is 3.06. The molecule has 1 aromatic heterocycles. The second-order valence-corrected chi connectivity index (χ2v) is 5.54. The molecule has 3 nitrogen and oxygen atoms in total. The molecule has 2 rings (SSSR count). The summed E-state index contributed by atoms with van der Waals surface area (Å²) >= 11 is 2.28. The Morgan fingerprint density at radius 3 is 3.24 bits per heavy atom. The molecule has 1 aromatic rings. The third-order valence-corrected chi connectivity index (χ3v) is 3.66. The van der Waals surface area contributed by atoms with Gasteiger partial charge in [-0.2, -0.15) is 0 Å². The first-order chi connectivity index (χ1) is 8.20. The van der Waals surface area contributed by atoms with Gasteiger partial charge in [-0.25, -0.2) is 0 Å². The van der Waals surface area contributed by atoms with Crippen molar-refractivity contribution in [2.75, 3.05) is 6.61 Å². The zero-order valence-corrected chi connectivity index (χ0v) is 12.1. The van der Waals surface area contributed by atoms with E-state index in [1.54, 1.807) is 0 Å². The molecule has 0 N–H and O–H groups in total. The van der Waals surface area contributed by atoms with Crippen LogP contribution in [0.25, 0.3) is 0 Å². The summed E-state index contributed by atoms with van der Waals surface area (Å²) in [5, 5.41) is 0. The molecule has 1 aliphatic carbocycles. The van der Waals surface area contributed by atoms with Crippen molar-refractivity contribution >= 4 is 28.6 Å². The molecule has 17 heavy (non-hydrogen) atoms. The van der Waals surface area contributed by atoms with Gasteiger partial charge in [0.25, 0.3) is 0 Å². The third kappa shape index (κ3) is 3.18. The summed E-state index contributed by atoms with van der Waals surface area (Å²) in [5.74, 6) is 0.139. The summed E-state index contributed by atoms with van der Waals surface area (Å²) in [6.45, 7) is 2.30. The average Bonchev–Trinajstić information content (AvgIpc) is 2.29. The maximum absolute atomic E-state index is 11.5. The van der Waals surface area contributed by atoms with Gasteiger partial charge >= 0.3 is 5.97 Å². The molecular formula is C13H16INO2. The van der Waals surface area contributed by atoms with E-state index in [4.69, 9.17) is 4.74 Å². The maximum Gasteiger partial charge on any atom is 0.306 e. The molecule has 0 spiro atoms. The Balaban J connectivity index is 2.14. The van der Waals surface area contributed by atoms with Crippen molar-refractivity contribution in [3.05, 3.63) is 27.1 Å². The van der Waals surface area contributed by atoms with Crippen molar-refractivity contribution in [2.24, 2.45) is 0 Å². The number of carbonyl (C=O) groups is 1. The fourth-order valence-electron chi connectivity index (χ4n) is 2.36. The van der Waals surface area contributed by atoms with E-state index in [0.717, 1.165) is 28.5 Å². The molecular weight excluding hydrogens is 329 g/mol. The molecule has 0 aliphatic heterocycles. The number of aromatic nitrogens is 1. The summed E-state index contributed by atoms with van der Waals surface area (Å²) in [6, 6.07) is 2.18. The van der Waals surface area contributed by atoms with Crippen molar-refractivity contribution < 1.29 is 9.53 Å². The number of nitrogens with zero attached hydrogens (tertiary/aromatic N) is 1. The molecule has 0 amide bonds. The molecule has 1 atom stereocenters. The molecule has 1 heterocycles. The van der Waals surface area contributed by atoms with Gasteiger partial charge in [0.05, 0.1) is 13.0 Å². The Morgan fingerprint density at radius 2 is 2.47 bits per heavy atom. The van der Waals surface area contributed by atoms with Crippen LogP contribution in [-0.4, -0.2) is 17.6 Å². The number of hydrogen-bond donors (Lipinski definition) is 0. The topological polar surface area (TPSA) is 39.2 Å². The highest BCUT2D eigenvalue weighted by atomic mass is 127. The Bertz CT molecular complexity index is 420. The summed E-state index contributed by atoms with van der Waals surface area (Å²) < 4.78 is 6.18. The Labute approximate surface area is 115 Å². The van der Waals surface area contributed by atoms with E-state index < -0.39 is 0 Å². The van der Waals surface area contributed by atoms with Gasteiger partial charge in [0.15, 0.2) is 0 Å². The van der Waals surface area contributed by atoms with Crippen LogP contribution in [0.5, 0.6) is 0 Å². The number of fused-ring (bicyclic) bond motifs is 1. The fourth-order valence-corrected chi connectivity index (χ4v) is 2.87. The number of esters is 1. The van der Waals surface area contributed by atoms with Gasteiger partial charge in [-0.15, -0.1) is 0 Å². The lowest BCUT2D eigenvalue weighted by Crippen LogP contribution is -2.17. The SMILES string of the molecule is CCOC(=O)C[C@@H]1CCCc2cc(I)cnc21. The first kappa shape index (κ1) is 12.8. The number of aryl methyl sites for hydroxylation is 1. The lowest BCUT2D eigenvalue weighted by Gasteiger charge is -2.23. The van der Waals surface area contributed by atoms with Gasteiger partial charge in [-0.1, -0.05) is 0 Å². The van der Waals surface area contributed by atoms with Crippen molar-refractivity contribution in [1.29, 1.82) is 0 Å². The van der Waals surface area contributed by atoms with Crippen LogP contribution in [0.1, 0.15) is 43.4 Å². The molecule has 0 saturated heterocycles. The van der Waals surface area contributed by atoms with Crippen LogP contribution in [-0.2, 0) is 16.0 Å². The quantitative estimate of drug-likeness (QED) is 0.624. The van der Waals surface area contributed by atoms with E-state index in [0.29, 0.717) is 13.0 Å². The molecule has 0 unspecified atom stereocenters. The van der Waals surface area contributed by atoms with E-state index >= 15 is 0 Å². The predicted molar refractivity (Wildman–Crippen MR) is 73.9 cm³/mol.